The Bertz CT molecular complexity index is 799. The van der Waals surface area contributed by atoms with Crippen molar-refractivity contribution in [1.29, 1.82) is 0 Å². The number of amides is 3. The van der Waals surface area contributed by atoms with Gasteiger partial charge in [-0.25, -0.2) is 13.6 Å². The molecule has 3 rings (SSSR count). The van der Waals surface area contributed by atoms with Gasteiger partial charge in [-0.15, -0.1) is 11.8 Å². The van der Waals surface area contributed by atoms with E-state index in [2.05, 4.69) is 10.6 Å². The number of rotatable bonds is 5. The Labute approximate surface area is 147 Å². The summed E-state index contributed by atoms with van der Waals surface area (Å²) >= 11 is 0.992. The molecule has 0 aromatic heterocycles. The lowest BCUT2D eigenvalue weighted by Gasteiger charge is -2.14. The Kier molecular flexibility index (Phi) is 5.18. The van der Waals surface area contributed by atoms with Crippen molar-refractivity contribution < 1.29 is 18.4 Å². The van der Waals surface area contributed by atoms with Crippen LogP contribution in [0.5, 0.6) is 0 Å². The summed E-state index contributed by atoms with van der Waals surface area (Å²) in [4.78, 5) is 25.4. The highest BCUT2D eigenvalue weighted by Gasteiger charge is 2.20. The lowest BCUT2D eigenvalue weighted by Crippen LogP contribution is -2.27. The maximum absolute atomic E-state index is 13.5. The van der Waals surface area contributed by atoms with Crippen LogP contribution in [0.25, 0.3) is 0 Å². The normalized spacial score (nSPS) is 13.7. The first-order chi connectivity index (χ1) is 12.0. The topological polar surface area (TPSA) is 61.4 Å². The van der Waals surface area contributed by atoms with Crippen LogP contribution in [0.3, 0.4) is 0 Å². The molecule has 2 N–H and O–H groups in total. The molecule has 130 valence electrons. The fourth-order valence-electron chi connectivity index (χ4n) is 2.38. The Morgan fingerprint density at radius 1 is 1.20 bits per heavy atom. The Hall–Kier alpha value is -2.61. The number of carbonyl (C=O) groups excluding carboxylic acids is 2. The first kappa shape index (κ1) is 17.2. The molecular formula is C17H15F2N3O2S. The van der Waals surface area contributed by atoms with E-state index in [1.807, 2.05) is 0 Å². The lowest BCUT2D eigenvalue weighted by atomic mass is 10.2. The van der Waals surface area contributed by atoms with Gasteiger partial charge < -0.3 is 10.6 Å². The first-order valence-corrected chi connectivity index (χ1v) is 8.54. The van der Waals surface area contributed by atoms with Crippen molar-refractivity contribution in [1.82, 2.24) is 5.32 Å². The number of carbonyl (C=O) groups is 2. The molecule has 1 fully saturated rings. The molecule has 0 unspecified atom stereocenters. The number of thioether (sulfide) groups is 1. The molecule has 8 heteroatoms. The number of hydrogen-bond acceptors (Lipinski definition) is 3. The molecule has 0 atom stereocenters. The van der Waals surface area contributed by atoms with Gasteiger partial charge in [0.2, 0.25) is 5.91 Å². The molecule has 1 aliphatic heterocycles. The molecule has 2 aromatic carbocycles. The quantitative estimate of drug-likeness (QED) is 0.802. The van der Waals surface area contributed by atoms with Gasteiger partial charge in [0, 0.05) is 35.4 Å². The SMILES string of the molecule is O=C(CSc1ccc(F)cc1F)Nc1ccc(N2CCNC2=O)cc1. The van der Waals surface area contributed by atoms with Crippen LogP contribution in [0, 0.1) is 11.6 Å². The molecule has 1 aliphatic rings. The molecule has 1 heterocycles. The fraction of sp³-hybridized carbons (Fsp3) is 0.176. The van der Waals surface area contributed by atoms with Gasteiger partial charge in [0.1, 0.15) is 11.6 Å². The second-order valence-corrected chi connectivity index (χ2v) is 6.36. The van der Waals surface area contributed by atoms with Gasteiger partial charge in [0.25, 0.3) is 0 Å². The van der Waals surface area contributed by atoms with Crippen LogP contribution in [0.1, 0.15) is 0 Å². The number of hydrogen-bond donors (Lipinski definition) is 2. The molecule has 3 amide bonds. The summed E-state index contributed by atoms with van der Waals surface area (Å²) in [5, 5.41) is 5.41. The van der Waals surface area contributed by atoms with Gasteiger partial charge in [-0.3, -0.25) is 9.69 Å². The van der Waals surface area contributed by atoms with E-state index in [1.165, 1.54) is 6.07 Å². The van der Waals surface area contributed by atoms with Crippen molar-refractivity contribution in [2.45, 2.75) is 4.90 Å². The average molecular weight is 363 g/mol. The zero-order chi connectivity index (χ0) is 17.8. The minimum absolute atomic E-state index is 0.00116. The van der Waals surface area contributed by atoms with E-state index in [9.17, 15) is 18.4 Å². The molecule has 0 radical (unpaired) electrons. The highest BCUT2D eigenvalue weighted by Crippen LogP contribution is 2.23. The molecule has 5 nitrogen and oxygen atoms in total. The third-order valence-electron chi connectivity index (χ3n) is 3.57. The second-order valence-electron chi connectivity index (χ2n) is 5.34. The van der Waals surface area contributed by atoms with E-state index in [0.29, 0.717) is 18.8 Å². The monoisotopic (exact) mass is 363 g/mol. The van der Waals surface area contributed by atoms with Gasteiger partial charge in [-0.2, -0.15) is 0 Å². The van der Waals surface area contributed by atoms with Gasteiger partial charge in [0.05, 0.1) is 5.75 Å². The molecule has 2 aromatic rings. The predicted octanol–water partition coefficient (Wildman–Crippen LogP) is 3.23. The summed E-state index contributed by atoms with van der Waals surface area (Å²) in [5.74, 6) is -1.65. The van der Waals surface area contributed by atoms with E-state index in [1.54, 1.807) is 29.2 Å². The maximum Gasteiger partial charge on any atom is 0.321 e. The first-order valence-electron chi connectivity index (χ1n) is 7.56. The van der Waals surface area contributed by atoms with E-state index in [-0.39, 0.29) is 22.6 Å². The van der Waals surface area contributed by atoms with Crippen LogP contribution in [-0.2, 0) is 4.79 Å². The molecule has 1 saturated heterocycles. The summed E-state index contributed by atoms with van der Waals surface area (Å²) in [7, 11) is 0. The standard InChI is InChI=1S/C17H15F2N3O2S/c18-11-1-6-15(14(19)9-11)25-10-16(23)21-12-2-4-13(5-3-12)22-8-7-20-17(22)24/h1-6,9H,7-8,10H2,(H,20,24)(H,21,23). The maximum atomic E-state index is 13.5. The molecule has 25 heavy (non-hydrogen) atoms. The van der Waals surface area contributed by atoms with Gasteiger partial charge >= 0.3 is 6.03 Å². The number of benzene rings is 2. The number of nitrogens with one attached hydrogen (secondary N) is 2. The number of halogens is 2. The summed E-state index contributed by atoms with van der Waals surface area (Å²) in [6.45, 7) is 1.21. The number of anilines is 2. The van der Waals surface area contributed by atoms with Gasteiger partial charge in [-0.1, -0.05) is 0 Å². The van der Waals surface area contributed by atoms with Crippen molar-refractivity contribution in [3.05, 3.63) is 54.1 Å². The minimum Gasteiger partial charge on any atom is -0.336 e. The molecule has 0 saturated carbocycles. The third kappa shape index (κ3) is 4.27. The average Bonchev–Trinajstić information content (AvgIpc) is 3.01. The predicted molar refractivity (Wildman–Crippen MR) is 92.9 cm³/mol. The van der Waals surface area contributed by atoms with E-state index in [4.69, 9.17) is 0 Å². The van der Waals surface area contributed by atoms with Crippen LogP contribution < -0.4 is 15.5 Å². The van der Waals surface area contributed by atoms with Crippen LogP contribution in [-0.4, -0.2) is 30.8 Å². The van der Waals surface area contributed by atoms with Crippen molar-refractivity contribution >= 4 is 35.1 Å². The summed E-state index contributed by atoms with van der Waals surface area (Å²) < 4.78 is 26.4. The summed E-state index contributed by atoms with van der Waals surface area (Å²) in [6.07, 6.45) is 0. The Morgan fingerprint density at radius 3 is 2.60 bits per heavy atom. The van der Waals surface area contributed by atoms with Crippen molar-refractivity contribution in [3.8, 4) is 0 Å². The lowest BCUT2D eigenvalue weighted by molar-refractivity contribution is -0.113. The summed E-state index contributed by atoms with van der Waals surface area (Å²) in [6, 6.07) is 9.97. The zero-order valence-corrected chi connectivity index (χ0v) is 13.9. The van der Waals surface area contributed by atoms with Gasteiger partial charge in [0.15, 0.2) is 0 Å². The van der Waals surface area contributed by atoms with Crippen LogP contribution >= 0.6 is 11.8 Å². The van der Waals surface area contributed by atoms with Crippen molar-refractivity contribution in [2.24, 2.45) is 0 Å². The Balaban J connectivity index is 1.55. The largest absolute Gasteiger partial charge is 0.336 e. The van der Waals surface area contributed by atoms with Crippen LogP contribution in [0.15, 0.2) is 47.4 Å². The fourth-order valence-corrected chi connectivity index (χ4v) is 3.10. The number of urea groups is 1. The van der Waals surface area contributed by atoms with Crippen LogP contribution in [0.4, 0.5) is 25.0 Å². The van der Waals surface area contributed by atoms with E-state index in [0.717, 1.165) is 29.6 Å². The second kappa shape index (κ2) is 7.52. The van der Waals surface area contributed by atoms with E-state index >= 15 is 0 Å². The smallest absolute Gasteiger partial charge is 0.321 e. The molecule has 0 aliphatic carbocycles. The third-order valence-corrected chi connectivity index (χ3v) is 4.62. The summed E-state index contributed by atoms with van der Waals surface area (Å²) in [5.41, 5.74) is 1.32. The van der Waals surface area contributed by atoms with Crippen LogP contribution in [0.2, 0.25) is 0 Å². The van der Waals surface area contributed by atoms with E-state index < -0.39 is 11.6 Å². The highest BCUT2D eigenvalue weighted by atomic mass is 32.2. The minimum atomic E-state index is -0.689. The van der Waals surface area contributed by atoms with Crippen molar-refractivity contribution in [3.63, 3.8) is 0 Å². The van der Waals surface area contributed by atoms with Crippen molar-refractivity contribution in [2.75, 3.05) is 29.1 Å². The Morgan fingerprint density at radius 2 is 1.96 bits per heavy atom. The molecular weight excluding hydrogens is 348 g/mol. The zero-order valence-electron chi connectivity index (χ0n) is 13.1. The molecule has 0 spiro atoms. The van der Waals surface area contributed by atoms with Gasteiger partial charge in [-0.05, 0) is 36.4 Å². The number of nitrogens with zero attached hydrogens (tertiary/aromatic N) is 1. The highest BCUT2D eigenvalue weighted by molar-refractivity contribution is 8.00. The molecule has 0 bridgehead atoms.